The number of nitrogens with zero attached hydrogens (tertiary/aromatic N) is 4. The maximum absolute atomic E-state index is 13.4. The standard InChI is InChI=1S/C18H14F3N5O3S2/c1-17(2)15(27)25(10-7-8-12(23-3)11(9-10)18(19,20)21)16(30)26(17)13-5-4-6-14(24-13)31(22,28)29/h4-9H,1-2H3,(H2,22,28,29). The van der Waals surface area contributed by atoms with Crippen molar-refractivity contribution >= 4 is 50.5 Å². The highest BCUT2D eigenvalue weighted by Crippen LogP contribution is 2.41. The molecule has 0 bridgehead atoms. The fourth-order valence-electron chi connectivity index (χ4n) is 3.08. The number of nitrogens with two attached hydrogens (primary N) is 1. The number of sulfonamides is 1. The molecule has 2 heterocycles. The van der Waals surface area contributed by atoms with Gasteiger partial charge >= 0.3 is 6.18 Å². The predicted molar refractivity (Wildman–Crippen MR) is 110 cm³/mol. The molecule has 1 aliphatic rings. The Labute approximate surface area is 180 Å². The molecule has 1 aliphatic heterocycles. The molecule has 0 aliphatic carbocycles. The second-order valence-corrected chi connectivity index (χ2v) is 8.88. The summed E-state index contributed by atoms with van der Waals surface area (Å²) in [6.07, 6.45) is -4.82. The van der Waals surface area contributed by atoms with E-state index in [2.05, 4.69) is 9.83 Å². The molecule has 0 unspecified atom stereocenters. The molecule has 31 heavy (non-hydrogen) atoms. The van der Waals surface area contributed by atoms with E-state index in [4.69, 9.17) is 23.9 Å². The predicted octanol–water partition coefficient (Wildman–Crippen LogP) is 3.22. The second kappa shape index (κ2) is 7.26. The topological polar surface area (TPSA) is 101 Å². The van der Waals surface area contributed by atoms with Gasteiger partial charge < -0.3 is 0 Å². The molecule has 0 saturated carbocycles. The van der Waals surface area contributed by atoms with Gasteiger partial charge in [0.15, 0.2) is 15.8 Å². The average Bonchev–Trinajstić information content (AvgIpc) is 2.84. The van der Waals surface area contributed by atoms with Gasteiger partial charge in [-0.15, -0.1) is 0 Å². The van der Waals surface area contributed by atoms with Gasteiger partial charge in [-0.25, -0.2) is 23.4 Å². The molecule has 162 valence electrons. The molecule has 2 N–H and O–H groups in total. The molecular formula is C18H14F3N5O3S2. The van der Waals surface area contributed by atoms with Gasteiger partial charge in [-0.3, -0.25) is 14.6 Å². The number of halogens is 3. The maximum Gasteiger partial charge on any atom is 0.407 e. The minimum atomic E-state index is -4.82. The van der Waals surface area contributed by atoms with Crippen molar-refractivity contribution in [1.29, 1.82) is 0 Å². The van der Waals surface area contributed by atoms with Crippen LogP contribution in [0.1, 0.15) is 19.4 Å². The van der Waals surface area contributed by atoms with E-state index < -0.39 is 43.9 Å². The smallest absolute Gasteiger partial charge is 0.288 e. The Morgan fingerprint density at radius 2 is 1.87 bits per heavy atom. The molecule has 13 heteroatoms. The van der Waals surface area contributed by atoms with Gasteiger partial charge in [0.05, 0.1) is 12.1 Å². The largest absolute Gasteiger partial charge is 0.407 e. The summed E-state index contributed by atoms with van der Waals surface area (Å²) in [4.78, 5) is 22.0. The quantitative estimate of drug-likeness (QED) is 0.547. The lowest BCUT2D eigenvalue weighted by molar-refractivity contribution is -0.136. The van der Waals surface area contributed by atoms with E-state index in [1.54, 1.807) is 0 Å². The lowest BCUT2D eigenvalue weighted by Gasteiger charge is -2.28. The van der Waals surface area contributed by atoms with Crippen LogP contribution in [0.5, 0.6) is 0 Å². The number of hydrogen-bond acceptors (Lipinski definition) is 5. The number of alkyl halides is 3. The van der Waals surface area contributed by atoms with Crippen molar-refractivity contribution in [1.82, 2.24) is 4.98 Å². The van der Waals surface area contributed by atoms with Gasteiger partial charge in [0.25, 0.3) is 15.9 Å². The lowest BCUT2D eigenvalue weighted by atomic mass is 10.0. The van der Waals surface area contributed by atoms with Crippen molar-refractivity contribution in [3.63, 3.8) is 0 Å². The normalized spacial score (nSPS) is 16.5. The zero-order chi connectivity index (χ0) is 23.4. The Hall–Kier alpha value is -3.08. The fraction of sp³-hybridized carbons (Fsp3) is 0.222. The number of benzene rings is 1. The van der Waals surface area contributed by atoms with Gasteiger partial charge in [0.1, 0.15) is 11.4 Å². The van der Waals surface area contributed by atoms with Crippen LogP contribution in [0.25, 0.3) is 4.85 Å². The average molecular weight is 469 g/mol. The number of pyridine rings is 1. The number of amides is 1. The van der Waals surface area contributed by atoms with Crippen LogP contribution in [0, 0.1) is 6.57 Å². The number of aromatic nitrogens is 1. The molecule has 1 saturated heterocycles. The van der Waals surface area contributed by atoms with E-state index >= 15 is 0 Å². The molecule has 1 fully saturated rings. The summed E-state index contributed by atoms with van der Waals surface area (Å²) in [6, 6.07) is 6.70. The second-order valence-electron chi connectivity index (χ2n) is 7.01. The highest BCUT2D eigenvalue weighted by atomic mass is 32.2. The first kappa shape index (κ1) is 22.6. The summed E-state index contributed by atoms with van der Waals surface area (Å²) in [7, 11) is -4.15. The van der Waals surface area contributed by atoms with Crippen molar-refractivity contribution in [3.05, 3.63) is 53.4 Å². The Bertz CT molecular complexity index is 1250. The Morgan fingerprint density at radius 1 is 1.23 bits per heavy atom. The summed E-state index contributed by atoms with van der Waals surface area (Å²) >= 11 is 5.36. The molecule has 2 aromatic rings. The molecule has 3 rings (SSSR count). The van der Waals surface area contributed by atoms with Gasteiger partial charge in [-0.1, -0.05) is 12.1 Å². The Kier molecular flexibility index (Phi) is 5.29. The monoisotopic (exact) mass is 469 g/mol. The summed E-state index contributed by atoms with van der Waals surface area (Å²) in [5, 5.41) is 4.43. The van der Waals surface area contributed by atoms with Crippen LogP contribution in [0.2, 0.25) is 0 Å². The maximum atomic E-state index is 13.4. The van der Waals surface area contributed by atoms with Crippen molar-refractivity contribution in [2.24, 2.45) is 5.14 Å². The Morgan fingerprint density at radius 3 is 2.42 bits per heavy atom. The highest BCUT2D eigenvalue weighted by molar-refractivity contribution is 7.89. The lowest BCUT2D eigenvalue weighted by Crippen LogP contribution is -2.45. The third-order valence-electron chi connectivity index (χ3n) is 4.56. The molecule has 8 nitrogen and oxygen atoms in total. The third-order valence-corrected chi connectivity index (χ3v) is 5.74. The zero-order valence-electron chi connectivity index (χ0n) is 16.0. The first-order chi connectivity index (χ1) is 14.2. The van der Waals surface area contributed by atoms with Crippen molar-refractivity contribution in [2.75, 3.05) is 9.80 Å². The number of thiocarbonyl (C=S) groups is 1. The summed E-state index contributed by atoms with van der Waals surface area (Å²) in [6.45, 7) is 9.87. The van der Waals surface area contributed by atoms with Gasteiger partial charge in [0, 0.05) is 5.69 Å². The molecule has 1 aromatic carbocycles. The highest BCUT2D eigenvalue weighted by Gasteiger charge is 2.51. The van der Waals surface area contributed by atoms with Crippen molar-refractivity contribution in [2.45, 2.75) is 30.6 Å². The van der Waals surface area contributed by atoms with Crippen LogP contribution in [0.4, 0.5) is 30.4 Å². The first-order valence-corrected chi connectivity index (χ1v) is 10.4. The summed E-state index contributed by atoms with van der Waals surface area (Å²) in [5.74, 6) is -0.685. The Balaban J connectivity index is 2.14. The van der Waals surface area contributed by atoms with Crippen LogP contribution >= 0.6 is 12.2 Å². The van der Waals surface area contributed by atoms with E-state index in [0.29, 0.717) is 6.07 Å². The van der Waals surface area contributed by atoms with Crippen molar-refractivity contribution < 1.29 is 26.4 Å². The molecule has 0 spiro atoms. The number of hydrogen-bond donors (Lipinski definition) is 1. The number of rotatable bonds is 3. The molecule has 0 radical (unpaired) electrons. The van der Waals surface area contributed by atoms with Crippen molar-refractivity contribution in [3.8, 4) is 0 Å². The minimum Gasteiger partial charge on any atom is -0.288 e. The number of carbonyl (C=O) groups is 1. The third kappa shape index (κ3) is 3.85. The fourth-order valence-corrected chi connectivity index (χ4v) is 4.08. The van der Waals surface area contributed by atoms with Crippen LogP contribution in [-0.2, 0) is 21.0 Å². The van der Waals surface area contributed by atoms with Gasteiger partial charge in [0.2, 0.25) is 0 Å². The summed E-state index contributed by atoms with van der Waals surface area (Å²) in [5.41, 5.74) is -3.42. The van der Waals surface area contributed by atoms with E-state index in [0.717, 1.165) is 17.0 Å². The number of primary sulfonamides is 1. The zero-order valence-corrected chi connectivity index (χ0v) is 17.6. The van der Waals surface area contributed by atoms with E-state index in [9.17, 15) is 26.4 Å². The minimum absolute atomic E-state index is 0.0220. The SMILES string of the molecule is [C-]#[N+]c1ccc(N2C(=O)C(C)(C)N(c3cccc(S(N)(=O)=O)n3)C2=S)cc1C(F)(F)F. The van der Waals surface area contributed by atoms with Gasteiger partial charge in [-0.2, -0.15) is 13.2 Å². The summed E-state index contributed by atoms with van der Waals surface area (Å²) < 4.78 is 63.4. The van der Waals surface area contributed by atoms with E-state index in [1.165, 1.54) is 36.9 Å². The van der Waals surface area contributed by atoms with Crippen LogP contribution in [0.3, 0.4) is 0 Å². The van der Waals surface area contributed by atoms with Crippen LogP contribution < -0.4 is 14.9 Å². The van der Waals surface area contributed by atoms with Crippen LogP contribution in [0.15, 0.2) is 41.4 Å². The van der Waals surface area contributed by atoms with Crippen LogP contribution in [-0.4, -0.2) is 30.0 Å². The van der Waals surface area contributed by atoms with Gasteiger partial charge in [-0.05, 0) is 50.3 Å². The molecule has 0 atom stereocenters. The number of anilines is 2. The molecule has 1 amide bonds. The number of carbonyl (C=O) groups excluding carboxylic acids is 1. The molecular weight excluding hydrogens is 455 g/mol. The molecule has 1 aromatic heterocycles. The van der Waals surface area contributed by atoms with E-state index in [1.807, 2.05) is 0 Å². The van der Waals surface area contributed by atoms with E-state index in [-0.39, 0.29) is 16.6 Å². The first-order valence-electron chi connectivity index (χ1n) is 8.47.